The van der Waals surface area contributed by atoms with Gasteiger partial charge >= 0.3 is 0 Å². The lowest BCUT2D eigenvalue weighted by Gasteiger charge is -2.17. The van der Waals surface area contributed by atoms with Gasteiger partial charge in [-0.15, -0.1) is 35.3 Å². The van der Waals surface area contributed by atoms with Crippen LogP contribution in [0.25, 0.3) is 0 Å². The van der Waals surface area contributed by atoms with Crippen molar-refractivity contribution < 1.29 is 4.79 Å². The number of likely N-dealkylation sites (tertiary alicyclic amines) is 1. The van der Waals surface area contributed by atoms with Crippen molar-refractivity contribution in [2.75, 3.05) is 32.7 Å². The third kappa shape index (κ3) is 7.38. The molecule has 136 valence electrons. The van der Waals surface area contributed by atoms with E-state index in [1.54, 1.807) is 11.3 Å². The van der Waals surface area contributed by atoms with Gasteiger partial charge in [0.2, 0.25) is 5.91 Å². The highest BCUT2D eigenvalue weighted by Gasteiger charge is 2.17. The predicted molar refractivity (Wildman–Crippen MR) is 112 cm³/mol. The van der Waals surface area contributed by atoms with Gasteiger partial charge in [0.1, 0.15) is 6.54 Å². The van der Waals surface area contributed by atoms with E-state index in [0.717, 1.165) is 51.4 Å². The molecule has 2 heterocycles. The van der Waals surface area contributed by atoms with E-state index in [0.29, 0.717) is 5.92 Å². The van der Waals surface area contributed by atoms with Crippen molar-refractivity contribution in [3.8, 4) is 0 Å². The number of guanidine groups is 1. The number of rotatable bonds is 7. The van der Waals surface area contributed by atoms with E-state index in [-0.39, 0.29) is 36.4 Å². The monoisotopic (exact) mass is 464 g/mol. The first-order valence-electron chi connectivity index (χ1n) is 8.51. The Morgan fingerprint density at radius 1 is 1.38 bits per heavy atom. The number of carbonyl (C=O) groups excluding carboxylic acids is 1. The summed E-state index contributed by atoms with van der Waals surface area (Å²) in [7, 11) is 0. The normalized spacial score (nSPS) is 15.8. The molecular formula is C17H29IN4OS. The number of hydrogen-bond acceptors (Lipinski definition) is 3. The average Bonchev–Trinajstić information content (AvgIpc) is 3.23. The van der Waals surface area contributed by atoms with Crippen molar-refractivity contribution in [3.63, 3.8) is 0 Å². The van der Waals surface area contributed by atoms with Gasteiger partial charge < -0.3 is 15.5 Å². The maximum absolute atomic E-state index is 12.1. The summed E-state index contributed by atoms with van der Waals surface area (Å²) in [4.78, 5) is 19.8. The van der Waals surface area contributed by atoms with Gasteiger partial charge in [0.25, 0.3) is 0 Å². The molecule has 0 bridgehead atoms. The Balaban J connectivity index is 0.00000288. The first-order chi connectivity index (χ1) is 11.2. The van der Waals surface area contributed by atoms with Gasteiger partial charge in [0.05, 0.1) is 0 Å². The SMILES string of the molecule is CCNC(=NCC(=O)N1CCCC1)NCC(C)Cc1cccs1.I. The van der Waals surface area contributed by atoms with Crippen LogP contribution in [-0.2, 0) is 11.2 Å². The Labute approximate surface area is 166 Å². The molecule has 1 amide bonds. The Morgan fingerprint density at radius 3 is 2.75 bits per heavy atom. The summed E-state index contributed by atoms with van der Waals surface area (Å²) in [6, 6.07) is 4.27. The molecule has 1 unspecified atom stereocenters. The summed E-state index contributed by atoms with van der Waals surface area (Å²) in [5.41, 5.74) is 0. The molecule has 0 aromatic carbocycles. The molecule has 0 radical (unpaired) electrons. The van der Waals surface area contributed by atoms with E-state index in [2.05, 4.69) is 40.1 Å². The molecule has 1 aliphatic heterocycles. The van der Waals surface area contributed by atoms with Crippen LogP contribution in [0.3, 0.4) is 0 Å². The van der Waals surface area contributed by atoms with Crippen molar-refractivity contribution in [1.82, 2.24) is 15.5 Å². The van der Waals surface area contributed by atoms with Crippen molar-refractivity contribution in [3.05, 3.63) is 22.4 Å². The van der Waals surface area contributed by atoms with Crippen molar-refractivity contribution in [2.24, 2.45) is 10.9 Å². The number of thiophene rings is 1. The van der Waals surface area contributed by atoms with Crippen LogP contribution in [0.1, 0.15) is 31.6 Å². The number of aliphatic imine (C=N–C) groups is 1. The number of nitrogens with one attached hydrogen (secondary N) is 2. The zero-order valence-corrected chi connectivity index (χ0v) is 17.7. The van der Waals surface area contributed by atoms with Gasteiger partial charge in [0, 0.05) is 31.1 Å². The van der Waals surface area contributed by atoms with Crippen LogP contribution in [0.5, 0.6) is 0 Å². The highest BCUT2D eigenvalue weighted by Crippen LogP contribution is 2.13. The molecule has 0 saturated carbocycles. The minimum absolute atomic E-state index is 0. The molecule has 0 spiro atoms. The van der Waals surface area contributed by atoms with E-state index in [4.69, 9.17) is 0 Å². The molecule has 2 N–H and O–H groups in total. The molecular weight excluding hydrogens is 435 g/mol. The van der Waals surface area contributed by atoms with Crippen LogP contribution in [0, 0.1) is 5.92 Å². The van der Waals surface area contributed by atoms with Gasteiger partial charge in [0.15, 0.2) is 5.96 Å². The van der Waals surface area contributed by atoms with Crippen LogP contribution < -0.4 is 10.6 Å². The topological polar surface area (TPSA) is 56.7 Å². The largest absolute Gasteiger partial charge is 0.357 e. The molecule has 1 saturated heterocycles. The van der Waals surface area contributed by atoms with Gasteiger partial charge in [-0.2, -0.15) is 0 Å². The lowest BCUT2D eigenvalue weighted by atomic mass is 10.1. The third-order valence-electron chi connectivity index (χ3n) is 3.92. The Bertz CT molecular complexity index is 501. The minimum Gasteiger partial charge on any atom is -0.357 e. The van der Waals surface area contributed by atoms with E-state index in [9.17, 15) is 4.79 Å². The fraction of sp³-hybridized carbons (Fsp3) is 0.647. The highest BCUT2D eigenvalue weighted by atomic mass is 127. The number of nitrogens with zero attached hydrogens (tertiary/aromatic N) is 2. The minimum atomic E-state index is 0. The van der Waals surface area contributed by atoms with Crippen molar-refractivity contribution in [1.29, 1.82) is 0 Å². The van der Waals surface area contributed by atoms with Crippen LogP contribution >= 0.6 is 35.3 Å². The summed E-state index contributed by atoms with van der Waals surface area (Å²) in [5.74, 6) is 1.39. The second-order valence-corrected chi connectivity index (χ2v) is 7.08. The number of halogens is 1. The van der Waals surface area contributed by atoms with Gasteiger partial charge in [-0.3, -0.25) is 4.79 Å². The molecule has 24 heavy (non-hydrogen) atoms. The molecule has 1 atom stereocenters. The van der Waals surface area contributed by atoms with E-state index in [1.165, 1.54) is 4.88 Å². The van der Waals surface area contributed by atoms with E-state index < -0.39 is 0 Å². The fourth-order valence-corrected chi connectivity index (χ4v) is 3.54. The molecule has 0 aliphatic carbocycles. The lowest BCUT2D eigenvalue weighted by molar-refractivity contribution is -0.128. The molecule has 2 rings (SSSR count). The zero-order chi connectivity index (χ0) is 16.5. The van der Waals surface area contributed by atoms with Gasteiger partial charge in [-0.05, 0) is 43.6 Å². The molecule has 1 aromatic heterocycles. The van der Waals surface area contributed by atoms with Crippen LogP contribution in [0.15, 0.2) is 22.5 Å². The quantitative estimate of drug-likeness (QED) is 0.371. The second kappa shape index (κ2) is 11.7. The van der Waals surface area contributed by atoms with Crippen molar-refractivity contribution in [2.45, 2.75) is 33.1 Å². The second-order valence-electron chi connectivity index (χ2n) is 6.05. The Morgan fingerprint density at radius 2 is 2.12 bits per heavy atom. The van der Waals surface area contributed by atoms with Gasteiger partial charge in [-0.25, -0.2) is 4.99 Å². The Kier molecular flexibility index (Phi) is 10.3. The van der Waals surface area contributed by atoms with E-state index >= 15 is 0 Å². The number of hydrogen-bond donors (Lipinski definition) is 2. The van der Waals surface area contributed by atoms with Gasteiger partial charge in [-0.1, -0.05) is 13.0 Å². The summed E-state index contributed by atoms with van der Waals surface area (Å²) in [6.45, 7) is 7.91. The first kappa shape index (κ1) is 21.2. The standard InChI is InChI=1S/C17H28N4OS.HI/c1-3-18-17(20-13-16(22)21-8-4-5-9-21)19-12-14(2)11-15-7-6-10-23-15;/h6-7,10,14H,3-5,8-9,11-13H2,1-2H3,(H2,18,19,20);1H. The molecule has 1 aliphatic rings. The molecule has 7 heteroatoms. The predicted octanol–water partition coefficient (Wildman–Crippen LogP) is 2.72. The van der Waals surface area contributed by atoms with Crippen molar-refractivity contribution >= 4 is 47.2 Å². The van der Waals surface area contributed by atoms with Crippen LogP contribution in [0.4, 0.5) is 0 Å². The zero-order valence-electron chi connectivity index (χ0n) is 14.6. The van der Waals surface area contributed by atoms with Crippen LogP contribution in [0.2, 0.25) is 0 Å². The molecule has 1 aromatic rings. The molecule has 1 fully saturated rings. The summed E-state index contributed by atoms with van der Waals surface area (Å²) >= 11 is 1.80. The number of amides is 1. The van der Waals surface area contributed by atoms with Crippen LogP contribution in [-0.4, -0.2) is 49.5 Å². The summed E-state index contributed by atoms with van der Waals surface area (Å²) in [6.07, 6.45) is 3.30. The summed E-state index contributed by atoms with van der Waals surface area (Å²) in [5, 5.41) is 8.68. The molecule has 5 nitrogen and oxygen atoms in total. The smallest absolute Gasteiger partial charge is 0.244 e. The fourth-order valence-electron chi connectivity index (χ4n) is 2.67. The number of carbonyl (C=O) groups is 1. The maximum atomic E-state index is 12.1. The Hall–Kier alpha value is -0.830. The average molecular weight is 464 g/mol. The lowest BCUT2D eigenvalue weighted by Crippen LogP contribution is -2.40. The maximum Gasteiger partial charge on any atom is 0.244 e. The first-order valence-corrected chi connectivity index (χ1v) is 9.39. The highest BCUT2D eigenvalue weighted by molar-refractivity contribution is 14.0. The third-order valence-corrected chi connectivity index (χ3v) is 4.82. The summed E-state index contributed by atoms with van der Waals surface area (Å²) < 4.78 is 0. The van der Waals surface area contributed by atoms with E-state index in [1.807, 2.05) is 11.8 Å².